The average Bonchev–Trinajstić information content (AvgIpc) is 2.37. The first kappa shape index (κ1) is 17.3. The second-order valence-corrected chi connectivity index (χ2v) is 5.29. The quantitative estimate of drug-likeness (QED) is 0.635. The number of hydrogen-bond acceptors (Lipinski definition) is 3. The van der Waals surface area contributed by atoms with Gasteiger partial charge in [0.15, 0.2) is 0 Å². The number of nitrogens with zero attached hydrogens (tertiary/aromatic N) is 1. The Labute approximate surface area is 129 Å². The van der Waals surface area contributed by atoms with Crippen LogP contribution >= 0.6 is 15.9 Å². The summed E-state index contributed by atoms with van der Waals surface area (Å²) in [6, 6.07) is 6.83. The van der Waals surface area contributed by atoms with E-state index in [9.17, 15) is 18.0 Å². The highest BCUT2D eigenvalue weighted by Gasteiger charge is 2.36. The molecule has 1 N–H and O–H groups in total. The largest absolute Gasteiger partial charge is 0.454 e. The first-order valence-electron chi connectivity index (χ1n) is 5.88. The molecule has 0 saturated carbocycles. The molecule has 1 aromatic carbocycles. The monoisotopic (exact) mass is 362 g/mol. The second kappa shape index (κ2) is 7.31. The molecule has 0 spiro atoms. The highest BCUT2D eigenvalue weighted by Crippen LogP contribution is 2.20. The van der Waals surface area contributed by atoms with Crippen LogP contribution in [0.15, 0.2) is 52.8 Å². The molecule has 0 radical (unpaired) electrons. The van der Waals surface area contributed by atoms with E-state index in [0.29, 0.717) is 11.8 Å². The van der Waals surface area contributed by atoms with Crippen LogP contribution in [0.3, 0.4) is 0 Å². The van der Waals surface area contributed by atoms with Crippen LogP contribution in [0, 0.1) is 0 Å². The van der Waals surface area contributed by atoms with Gasteiger partial charge in [-0.2, -0.15) is 13.2 Å². The van der Waals surface area contributed by atoms with Gasteiger partial charge in [0.25, 0.3) is 5.78 Å². The van der Waals surface area contributed by atoms with E-state index >= 15 is 0 Å². The SMILES string of the molecule is CN(C)C=CC(=CC(=O)C(F)(F)F)Nc1ccc(Br)cc1. The Kier molecular flexibility index (Phi) is 6.02. The summed E-state index contributed by atoms with van der Waals surface area (Å²) in [4.78, 5) is 12.7. The van der Waals surface area contributed by atoms with Gasteiger partial charge >= 0.3 is 6.18 Å². The number of alkyl halides is 3. The zero-order valence-electron chi connectivity index (χ0n) is 11.4. The third kappa shape index (κ3) is 6.48. The van der Waals surface area contributed by atoms with E-state index in [2.05, 4.69) is 21.2 Å². The van der Waals surface area contributed by atoms with E-state index in [1.54, 1.807) is 49.5 Å². The maximum Gasteiger partial charge on any atom is 0.454 e. The Morgan fingerprint density at radius 3 is 2.29 bits per heavy atom. The topological polar surface area (TPSA) is 32.3 Å². The van der Waals surface area contributed by atoms with Crippen molar-refractivity contribution in [3.05, 3.63) is 52.8 Å². The molecule has 0 unspecified atom stereocenters. The lowest BCUT2D eigenvalue weighted by Crippen LogP contribution is -2.21. The molecule has 0 fully saturated rings. The molecular formula is C14H14BrF3N2O. The predicted octanol–water partition coefficient (Wildman–Crippen LogP) is 3.95. The Bertz CT molecular complexity index is 548. The molecule has 0 bridgehead atoms. The number of anilines is 1. The van der Waals surface area contributed by atoms with Crippen molar-refractivity contribution in [1.82, 2.24) is 4.90 Å². The Morgan fingerprint density at radius 1 is 1.24 bits per heavy atom. The summed E-state index contributed by atoms with van der Waals surface area (Å²) < 4.78 is 37.9. The molecule has 114 valence electrons. The molecule has 1 aromatic rings. The van der Waals surface area contributed by atoms with Gasteiger partial charge in [-0.1, -0.05) is 15.9 Å². The van der Waals surface area contributed by atoms with Crippen LogP contribution in [0.1, 0.15) is 0 Å². The zero-order chi connectivity index (χ0) is 16.0. The minimum absolute atomic E-state index is 0.0494. The van der Waals surface area contributed by atoms with Gasteiger partial charge in [0.1, 0.15) is 0 Å². The molecule has 3 nitrogen and oxygen atoms in total. The van der Waals surface area contributed by atoms with Crippen molar-refractivity contribution in [3.63, 3.8) is 0 Å². The normalized spacial score (nSPS) is 12.6. The molecule has 0 aliphatic heterocycles. The number of carbonyl (C=O) groups is 1. The number of carbonyl (C=O) groups excluding carboxylic acids is 1. The van der Waals surface area contributed by atoms with Crippen LogP contribution in [-0.4, -0.2) is 31.0 Å². The molecule has 0 aliphatic rings. The predicted molar refractivity (Wildman–Crippen MR) is 79.7 cm³/mol. The van der Waals surface area contributed by atoms with E-state index in [-0.39, 0.29) is 5.70 Å². The van der Waals surface area contributed by atoms with Gasteiger partial charge in [0, 0.05) is 42.2 Å². The second-order valence-electron chi connectivity index (χ2n) is 4.37. The van der Waals surface area contributed by atoms with Gasteiger partial charge in [-0.05, 0) is 30.3 Å². The summed E-state index contributed by atoms with van der Waals surface area (Å²) in [6.45, 7) is 0. The third-order valence-corrected chi connectivity index (χ3v) is 2.78. The van der Waals surface area contributed by atoms with Crippen LogP contribution < -0.4 is 5.32 Å². The fourth-order valence-electron chi connectivity index (χ4n) is 1.28. The van der Waals surface area contributed by atoms with Crippen molar-refractivity contribution in [3.8, 4) is 0 Å². The highest BCUT2D eigenvalue weighted by atomic mass is 79.9. The summed E-state index contributed by atoms with van der Waals surface area (Å²) in [5.41, 5.74) is 0.621. The average molecular weight is 363 g/mol. The van der Waals surface area contributed by atoms with Gasteiger partial charge in [-0.15, -0.1) is 0 Å². The van der Waals surface area contributed by atoms with Crippen molar-refractivity contribution in [1.29, 1.82) is 0 Å². The summed E-state index contributed by atoms with van der Waals surface area (Å²) in [5, 5.41) is 2.77. The maximum atomic E-state index is 12.3. The summed E-state index contributed by atoms with van der Waals surface area (Å²) in [5.74, 6) is -1.91. The summed E-state index contributed by atoms with van der Waals surface area (Å²) in [6.07, 6.45) is -1.42. The zero-order valence-corrected chi connectivity index (χ0v) is 13.0. The van der Waals surface area contributed by atoms with E-state index in [1.165, 1.54) is 6.08 Å². The molecule has 21 heavy (non-hydrogen) atoms. The molecule has 0 amide bonds. The molecule has 0 atom stereocenters. The lowest BCUT2D eigenvalue weighted by molar-refractivity contribution is -0.165. The van der Waals surface area contributed by atoms with Crippen molar-refractivity contribution < 1.29 is 18.0 Å². The lowest BCUT2D eigenvalue weighted by atomic mass is 10.2. The van der Waals surface area contributed by atoms with Crippen molar-refractivity contribution >= 4 is 27.4 Å². The molecule has 0 heterocycles. The van der Waals surface area contributed by atoms with Crippen LogP contribution in [0.25, 0.3) is 0 Å². The highest BCUT2D eigenvalue weighted by molar-refractivity contribution is 9.10. The number of hydrogen-bond donors (Lipinski definition) is 1. The first-order chi connectivity index (χ1) is 9.68. The van der Waals surface area contributed by atoms with E-state index in [0.717, 1.165) is 4.47 Å². The number of ketones is 1. The maximum absolute atomic E-state index is 12.3. The lowest BCUT2D eigenvalue weighted by Gasteiger charge is -2.10. The molecular weight excluding hydrogens is 349 g/mol. The van der Waals surface area contributed by atoms with Crippen LogP contribution in [0.5, 0.6) is 0 Å². The minimum atomic E-state index is -4.89. The van der Waals surface area contributed by atoms with E-state index < -0.39 is 12.0 Å². The van der Waals surface area contributed by atoms with Crippen molar-refractivity contribution in [2.75, 3.05) is 19.4 Å². The first-order valence-corrected chi connectivity index (χ1v) is 6.68. The number of allylic oxidation sites excluding steroid dienone is 2. The van der Waals surface area contributed by atoms with Gasteiger partial charge < -0.3 is 10.2 Å². The van der Waals surface area contributed by atoms with E-state index in [4.69, 9.17) is 0 Å². The van der Waals surface area contributed by atoms with Crippen LogP contribution in [0.4, 0.5) is 18.9 Å². The molecule has 0 aliphatic carbocycles. The Hall–Kier alpha value is -1.76. The molecule has 0 aromatic heterocycles. The molecule has 1 rings (SSSR count). The number of benzene rings is 1. The Morgan fingerprint density at radius 2 is 1.81 bits per heavy atom. The fraction of sp³-hybridized carbons (Fsp3) is 0.214. The third-order valence-electron chi connectivity index (χ3n) is 2.25. The van der Waals surface area contributed by atoms with Gasteiger partial charge in [-0.3, -0.25) is 4.79 Å². The number of nitrogens with one attached hydrogen (secondary N) is 1. The van der Waals surface area contributed by atoms with Gasteiger partial charge in [0.2, 0.25) is 0 Å². The van der Waals surface area contributed by atoms with E-state index in [1.807, 2.05) is 0 Å². The smallest absolute Gasteiger partial charge is 0.383 e. The van der Waals surface area contributed by atoms with Crippen molar-refractivity contribution in [2.45, 2.75) is 6.18 Å². The number of rotatable bonds is 5. The summed E-state index contributed by atoms with van der Waals surface area (Å²) in [7, 11) is 3.44. The minimum Gasteiger partial charge on any atom is -0.383 e. The summed E-state index contributed by atoms with van der Waals surface area (Å²) >= 11 is 3.26. The van der Waals surface area contributed by atoms with Gasteiger partial charge in [0.05, 0.1) is 0 Å². The fourth-order valence-corrected chi connectivity index (χ4v) is 1.54. The molecule has 0 saturated heterocycles. The Balaban J connectivity index is 3.00. The van der Waals surface area contributed by atoms with Crippen molar-refractivity contribution in [2.24, 2.45) is 0 Å². The number of halogens is 4. The van der Waals surface area contributed by atoms with Crippen LogP contribution in [-0.2, 0) is 4.79 Å². The van der Waals surface area contributed by atoms with Crippen LogP contribution in [0.2, 0.25) is 0 Å². The standard InChI is InChI=1S/C14H14BrF3N2O/c1-20(2)8-7-12(9-13(21)14(16,17)18)19-11-5-3-10(15)4-6-11/h3-9,19H,1-2H3. The molecule has 7 heteroatoms. The van der Waals surface area contributed by atoms with Gasteiger partial charge in [-0.25, -0.2) is 0 Å².